The molecule has 0 amide bonds. The van der Waals surface area contributed by atoms with Crippen molar-refractivity contribution in [1.82, 2.24) is 9.97 Å². The van der Waals surface area contributed by atoms with Gasteiger partial charge >= 0.3 is 0 Å². The van der Waals surface area contributed by atoms with Crippen molar-refractivity contribution in [3.05, 3.63) is 41.2 Å². The molecular weight excluding hydrogens is 322 g/mol. The van der Waals surface area contributed by atoms with Gasteiger partial charge in [0, 0.05) is 31.0 Å². The van der Waals surface area contributed by atoms with E-state index in [4.69, 9.17) is 4.98 Å². The summed E-state index contributed by atoms with van der Waals surface area (Å²) >= 11 is 0. The predicted molar refractivity (Wildman–Crippen MR) is 107 cm³/mol. The summed E-state index contributed by atoms with van der Waals surface area (Å²) in [6, 6.07) is 6.17. The maximum atomic E-state index is 12.5. The third-order valence-corrected chi connectivity index (χ3v) is 4.76. The highest BCUT2D eigenvalue weighted by Crippen LogP contribution is 2.33. The van der Waals surface area contributed by atoms with Crippen LogP contribution >= 0.6 is 0 Å². The summed E-state index contributed by atoms with van der Waals surface area (Å²) in [4.78, 5) is 23.9. The molecule has 4 nitrogen and oxygen atoms in total. The fourth-order valence-electron chi connectivity index (χ4n) is 3.67. The molecular formula is C22H29N3O. The Morgan fingerprint density at radius 3 is 2.65 bits per heavy atom. The van der Waals surface area contributed by atoms with Crippen molar-refractivity contribution in [2.24, 2.45) is 5.41 Å². The summed E-state index contributed by atoms with van der Waals surface area (Å²) in [6.45, 7) is 8.83. The molecule has 2 aromatic heterocycles. The molecule has 0 spiro atoms. The van der Waals surface area contributed by atoms with Crippen molar-refractivity contribution < 1.29 is 4.79 Å². The molecule has 0 bridgehead atoms. The Kier molecular flexibility index (Phi) is 5.12. The number of hydrogen-bond acceptors (Lipinski definition) is 4. The standard InChI is InChI=1S/C22H29N3O/c1-15-9-10-23-19(11-15)20-12-21(17-7-6-8-18(17)24-20)25(5)14-16(26)13-22(2,3)4/h9-12H,6-8,13-14H2,1-5H3. The summed E-state index contributed by atoms with van der Waals surface area (Å²) in [5, 5.41) is 0. The van der Waals surface area contributed by atoms with Crippen LogP contribution in [0.3, 0.4) is 0 Å². The van der Waals surface area contributed by atoms with Gasteiger partial charge in [0.15, 0.2) is 5.78 Å². The molecule has 2 heterocycles. The van der Waals surface area contributed by atoms with Crippen molar-refractivity contribution in [3.8, 4) is 11.4 Å². The van der Waals surface area contributed by atoms with Crippen molar-refractivity contribution in [2.45, 2.75) is 53.4 Å². The Morgan fingerprint density at radius 1 is 1.19 bits per heavy atom. The zero-order valence-electron chi connectivity index (χ0n) is 16.6. The van der Waals surface area contributed by atoms with Crippen LogP contribution in [0.1, 0.15) is 50.4 Å². The number of hydrogen-bond donors (Lipinski definition) is 0. The first kappa shape index (κ1) is 18.6. The van der Waals surface area contributed by atoms with E-state index >= 15 is 0 Å². The molecule has 1 aliphatic rings. The first-order chi connectivity index (χ1) is 12.2. The van der Waals surface area contributed by atoms with Gasteiger partial charge in [-0.05, 0) is 60.9 Å². The lowest BCUT2D eigenvalue weighted by atomic mass is 9.90. The number of nitrogens with zero attached hydrogens (tertiary/aromatic N) is 3. The molecule has 0 atom stereocenters. The number of pyridine rings is 2. The maximum absolute atomic E-state index is 12.5. The number of aromatic nitrogens is 2. The number of carbonyl (C=O) groups excluding carboxylic acids is 1. The lowest BCUT2D eigenvalue weighted by Crippen LogP contribution is -2.29. The van der Waals surface area contributed by atoms with Crippen LogP contribution in [-0.4, -0.2) is 29.3 Å². The Bertz CT molecular complexity index is 821. The van der Waals surface area contributed by atoms with E-state index in [1.807, 2.05) is 19.3 Å². The van der Waals surface area contributed by atoms with Crippen molar-refractivity contribution >= 4 is 11.5 Å². The fraction of sp³-hybridized carbons (Fsp3) is 0.500. The first-order valence-electron chi connectivity index (χ1n) is 9.41. The minimum absolute atomic E-state index is 0.0226. The molecule has 0 saturated heterocycles. The van der Waals surface area contributed by atoms with E-state index in [1.54, 1.807) is 0 Å². The average molecular weight is 351 g/mol. The Labute approximate surface area is 156 Å². The van der Waals surface area contributed by atoms with Gasteiger partial charge in [0.05, 0.1) is 17.9 Å². The number of ketones is 1. The molecule has 2 aromatic rings. The van der Waals surface area contributed by atoms with Gasteiger partial charge in [-0.3, -0.25) is 14.8 Å². The highest BCUT2D eigenvalue weighted by Gasteiger charge is 2.23. The summed E-state index contributed by atoms with van der Waals surface area (Å²) in [5.74, 6) is 0.277. The number of likely N-dealkylation sites (N-methyl/N-ethyl adjacent to an activating group) is 1. The highest BCUT2D eigenvalue weighted by atomic mass is 16.1. The molecule has 0 radical (unpaired) electrons. The van der Waals surface area contributed by atoms with Gasteiger partial charge in [0.2, 0.25) is 0 Å². The van der Waals surface area contributed by atoms with E-state index in [0.717, 1.165) is 42.0 Å². The molecule has 26 heavy (non-hydrogen) atoms. The van der Waals surface area contributed by atoms with Gasteiger partial charge in [0.1, 0.15) is 0 Å². The van der Waals surface area contributed by atoms with Gasteiger partial charge in [-0.2, -0.15) is 0 Å². The molecule has 0 saturated carbocycles. The zero-order valence-corrected chi connectivity index (χ0v) is 16.6. The molecule has 0 fully saturated rings. The second-order valence-corrected chi connectivity index (χ2v) is 8.66. The molecule has 138 valence electrons. The van der Waals surface area contributed by atoms with Crippen LogP contribution in [-0.2, 0) is 17.6 Å². The van der Waals surface area contributed by atoms with E-state index in [9.17, 15) is 4.79 Å². The number of Topliss-reactive ketones (excluding diaryl/α,β-unsaturated/α-hetero) is 1. The number of rotatable bonds is 5. The average Bonchev–Trinajstić information content (AvgIpc) is 3.00. The number of carbonyl (C=O) groups is 1. The molecule has 0 unspecified atom stereocenters. The second-order valence-electron chi connectivity index (χ2n) is 8.66. The van der Waals surface area contributed by atoms with Crippen LogP contribution < -0.4 is 4.90 Å². The third-order valence-electron chi connectivity index (χ3n) is 4.76. The Hall–Kier alpha value is -2.23. The summed E-state index contributed by atoms with van der Waals surface area (Å²) < 4.78 is 0. The molecule has 0 N–H and O–H groups in total. The van der Waals surface area contributed by atoms with Gasteiger partial charge < -0.3 is 4.90 Å². The highest BCUT2D eigenvalue weighted by molar-refractivity contribution is 5.84. The van der Waals surface area contributed by atoms with Crippen LogP contribution in [0, 0.1) is 12.3 Å². The van der Waals surface area contributed by atoms with Crippen molar-refractivity contribution in [1.29, 1.82) is 0 Å². The van der Waals surface area contributed by atoms with Crippen molar-refractivity contribution in [2.75, 3.05) is 18.5 Å². The molecule has 3 rings (SSSR count). The van der Waals surface area contributed by atoms with Crippen LogP contribution in [0.5, 0.6) is 0 Å². The van der Waals surface area contributed by atoms with Crippen LogP contribution in [0.2, 0.25) is 0 Å². The fourth-order valence-corrected chi connectivity index (χ4v) is 3.67. The van der Waals surface area contributed by atoms with Gasteiger partial charge in [-0.15, -0.1) is 0 Å². The van der Waals surface area contributed by atoms with Gasteiger partial charge in [0.25, 0.3) is 0 Å². The minimum atomic E-state index is 0.0226. The SMILES string of the molecule is Cc1ccnc(-c2cc(N(C)CC(=O)CC(C)(C)C)c3c(n2)CCC3)c1. The summed E-state index contributed by atoms with van der Waals surface area (Å²) in [7, 11) is 2.02. The van der Waals surface area contributed by atoms with E-state index in [2.05, 4.69) is 49.7 Å². The first-order valence-corrected chi connectivity index (χ1v) is 9.41. The van der Waals surface area contributed by atoms with Gasteiger partial charge in [-0.25, -0.2) is 0 Å². The molecule has 0 aromatic carbocycles. The van der Waals surface area contributed by atoms with Crippen LogP contribution in [0.4, 0.5) is 5.69 Å². The maximum Gasteiger partial charge on any atom is 0.152 e. The van der Waals surface area contributed by atoms with E-state index in [-0.39, 0.29) is 11.2 Å². The second kappa shape index (κ2) is 7.18. The number of anilines is 1. The van der Waals surface area contributed by atoms with Crippen LogP contribution in [0.15, 0.2) is 24.4 Å². The lowest BCUT2D eigenvalue weighted by Gasteiger charge is -2.24. The minimum Gasteiger partial charge on any atom is -0.367 e. The quantitative estimate of drug-likeness (QED) is 0.802. The van der Waals surface area contributed by atoms with Crippen molar-refractivity contribution in [3.63, 3.8) is 0 Å². The monoisotopic (exact) mass is 351 g/mol. The number of aryl methyl sites for hydroxylation is 2. The molecule has 4 heteroatoms. The summed E-state index contributed by atoms with van der Waals surface area (Å²) in [6.07, 6.45) is 5.60. The van der Waals surface area contributed by atoms with E-state index < -0.39 is 0 Å². The predicted octanol–water partition coefficient (Wildman–Crippen LogP) is 4.38. The topological polar surface area (TPSA) is 46.1 Å². The van der Waals surface area contributed by atoms with E-state index in [0.29, 0.717) is 13.0 Å². The zero-order chi connectivity index (χ0) is 18.9. The van der Waals surface area contributed by atoms with Gasteiger partial charge in [-0.1, -0.05) is 20.8 Å². The Morgan fingerprint density at radius 2 is 1.96 bits per heavy atom. The largest absolute Gasteiger partial charge is 0.367 e. The smallest absolute Gasteiger partial charge is 0.152 e. The normalized spacial score (nSPS) is 13.6. The Balaban J connectivity index is 1.92. The third kappa shape index (κ3) is 4.29. The lowest BCUT2D eigenvalue weighted by molar-refractivity contribution is -0.119. The van der Waals surface area contributed by atoms with Crippen LogP contribution in [0.25, 0.3) is 11.4 Å². The molecule has 1 aliphatic carbocycles. The number of fused-ring (bicyclic) bond motifs is 1. The summed E-state index contributed by atoms with van der Waals surface area (Å²) in [5.41, 5.74) is 6.59. The van der Waals surface area contributed by atoms with E-state index in [1.165, 1.54) is 11.1 Å². The molecule has 0 aliphatic heterocycles.